The van der Waals surface area contributed by atoms with E-state index in [9.17, 15) is 4.39 Å². The zero-order valence-corrected chi connectivity index (χ0v) is 13.1. The smallest absolute Gasteiger partial charge is 0.153 e. The number of nitrogens with one attached hydrogen (secondary N) is 1. The maximum Gasteiger partial charge on any atom is 0.153 e. The summed E-state index contributed by atoms with van der Waals surface area (Å²) in [5.74, 6) is -0.0616. The Morgan fingerprint density at radius 1 is 1.35 bits per heavy atom. The lowest BCUT2D eigenvalue weighted by molar-refractivity contribution is 0.628. The van der Waals surface area contributed by atoms with E-state index in [2.05, 4.69) is 26.1 Å². The number of aromatic nitrogens is 2. The first-order valence-electron chi connectivity index (χ1n) is 5.60. The molecule has 0 amide bonds. The van der Waals surface area contributed by atoms with Crippen molar-refractivity contribution in [3.05, 3.63) is 45.0 Å². The van der Waals surface area contributed by atoms with Gasteiger partial charge < -0.3 is 5.73 Å². The fourth-order valence-corrected chi connectivity index (χ4v) is 3.79. The van der Waals surface area contributed by atoms with Crippen molar-refractivity contribution in [1.29, 1.82) is 0 Å². The summed E-state index contributed by atoms with van der Waals surface area (Å²) < 4.78 is 14.1. The number of hydrogen-bond donors (Lipinski definition) is 2. The Balaban J connectivity index is 2.24. The largest absolute Gasteiger partial charge is 0.382 e. The molecule has 0 spiro atoms. The predicted molar refractivity (Wildman–Crippen MR) is 84.4 cm³/mol. The molecule has 0 unspecified atom stereocenters. The first kappa shape index (κ1) is 13.6. The lowest BCUT2D eigenvalue weighted by atomic mass is 10.0. The Bertz CT molecular complexity index is 784. The first-order valence-corrected chi connectivity index (χ1v) is 7.65. The molecule has 3 nitrogen and oxygen atoms in total. The molecule has 2 aromatic heterocycles. The van der Waals surface area contributed by atoms with Crippen LogP contribution in [0.5, 0.6) is 0 Å². The summed E-state index contributed by atoms with van der Waals surface area (Å²) in [6, 6.07) is 6.15. The van der Waals surface area contributed by atoms with Crippen molar-refractivity contribution in [3.8, 4) is 21.7 Å². The standard InChI is InChI=1S/C13H8BrClFN3S/c14-8-3-4-20-12(8)11-10(13(17)19-18-11)7-2-1-6(16)5-9(7)15/h1-5H,(H3,17,18,19). The number of nitrogen functional groups attached to an aromatic ring is 1. The van der Waals surface area contributed by atoms with Crippen LogP contribution in [0.1, 0.15) is 0 Å². The predicted octanol–water partition coefficient (Wildman–Crippen LogP) is 4.94. The molecule has 7 heteroatoms. The monoisotopic (exact) mass is 371 g/mol. The highest BCUT2D eigenvalue weighted by atomic mass is 79.9. The van der Waals surface area contributed by atoms with Crippen molar-refractivity contribution in [2.45, 2.75) is 0 Å². The summed E-state index contributed by atoms with van der Waals surface area (Å²) in [4.78, 5) is 0.963. The van der Waals surface area contributed by atoms with Crippen molar-refractivity contribution in [3.63, 3.8) is 0 Å². The molecule has 3 rings (SSSR count). The van der Waals surface area contributed by atoms with Crippen LogP contribution in [0.4, 0.5) is 10.2 Å². The van der Waals surface area contributed by atoms with Gasteiger partial charge in [-0.3, -0.25) is 5.10 Å². The van der Waals surface area contributed by atoms with E-state index in [0.717, 1.165) is 15.0 Å². The number of rotatable bonds is 2. The van der Waals surface area contributed by atoms with E-state index in [-0.39, 0.29) is 5.82 Å². The molecule has 102 valence electrons. The highest BCUT2D eigenvalue weighted by Gasteiger charge is 2.19. The highest BCUT2D eigenvalue weighted by molar-refractivity contribution is 9.10. The zero-order chi connectivity index (χ0) is 14.3. The zero-order valence-electron chi connectivity index (χ0n) is 9.95. The van der Waals surface area contributed by atoms with Crippen LogP contribution in [-0.2, 0) is 0 Å². The molecular weight excluding hydrogens is 365 g/mol. The molecule has 3 N–H and O–H groups in total. The number of H-pyrrole nitrogens is 1. The Labute approximate surface area is 131 Å². The fourth-order valence-electron chi connectivity index (χ4n) is 1.96. The van der Waals surface area contributed by atoms with E-state index in [1.54, 1.807) is 17.4 Å². The topological polar surface area (TPSA) is 54.7 Å². The Kier molecular flexibility index (Phi) is 3.54. The first-order chi connectivity index (χ1) is 9.58. The van der Waals surface area contributed by atoms with E-state index in [0.29, 0.717) is 22.0 Å². The second-order valence-corrected chi connectivity index (χ2v) is 6.26. The minimum absolute atomic E-state index is 0.298. The van der Waals surface area contributed by atoms with Crippen LogP contribution in [-0.4, -0.2) is 10.2 Å². The molecule has 0 fully saturated rings. The molecular formula is C13H8BrClFN3S. The van der Waals surface area contributed by atoms with Crippen LogP contribution in [0.3, 0.4) is 0 Å². The second kappa shape index (κ2) is 5.20. The lowest BCUT2D eigenvalue weighted by Crippen LogP contribution is -1.90. The molecule has 1 aromatic carbocycles. The van der Waals surface area contributed by atoms with Crippen molar-refractivity contribution in [2.24, 2.45) is 0 Å². The molecule has 0 aliphatic carbocycles. The number of thiophene rings is 1. The maximum atomic E-state index is 13.2. The molecule has 3 aromatic rings. The molecule has 0 atom stereocenters. The molecule has 0 radical (unpaired) electrons. The molecule has 0 aliphatic rings. The van der Waals surface area contributed by atoms with Gasteiger partial charge in [0.1, 0.15) is 5.82 Å². The number of hydrogen-bond acceptors (Lipinski definition) is 3. The van der Waals surface area contributed by atoms with Gasteiger partial charge in [-0.2, -0.15) is 5.10 Å². The summed E-state index contributed by atoms with van der Waals surface area (Å²) >= 11 is 11.1. The van der Waals surface area contributed by atoms with E-state index >= 15 is 0 Å². The van der Waals surface area contributed by atoms with Gasteiger partial charge in [0, 0.05) is 10.0 Å². The minimum Gasteiger partial charge on any atom is -0.382 e. The Morgan fingerprint density at radius 3 is 2.80 bits per heavy atom. The van der Waals surface area contributed by atoms with Crippen LogP contribution in [0.15, 0.2) is 34.1 Å². The minimum atomic E-state index is -0.389. The van der Waals surface area contributed by atoms with Gasteiger partial charge in [-0.05, 0) is 45.6 Å². The summed E-state index contributed by atoms with van der Waals surface area (Å²) in [6.45, 7) is 0. The van der Waals surface area contributed by atoms with Crippen LogP contribution < -0.4 is 5.73 Å². The van der Waals surface area contributed by atoms with Crippen molar-refractivity contribution in [2.75, 3.05) is 5.73 Å². The van der Waals surface area contributed by atoms with Crippen LogP contribution >= 0.6 is 38.9 Å². The second-order valence-electron chi connectivity index (χ2n) is 4.08. The van der Waals surface area contributed by atoms with Gasteiger partial charge in [-0.1, -0.05) is 11.6 Å². The summed E-state index contributed by atoms with van der Waals surface area (Å²) in [7, 11) is 0. The lowest BCUT2D eigenvalue weighted by Gasteiger charge is -2.06. The third-order valence-corrected chi connectivity index (χ3v) is 5.01. The maximum absolute atomic E-state index is 13.2. The number of anilines is 1. The number of nitrogens with zero attached hydrogens (tertiary/aromatic N) is 1. The molecule has 0 saturated carbocycles. The summed E-state index contributed by atoms with van der Waals surface area (Å²) in [5, 5.41) is 9.20. The molecule has 2 heterocycles. The third kappa shape index (κ3) is 2.24. The van der Waals surface area contributed by atoms with Crippen LogP contribution in [0.2, 0.25) is 5.02 Å². The van der Waals surface area contributed by atoms with Crippen molar-refractivity contribution < 1.29 is 4.39 Å². The van der Waals surface area contributed by atoms with E-state index in [1.165, 1.54) is 12.1 Å². The van der Waals surface area contributed by atoms with Crippen LogP contribution in [0.25, 0.3) is 21.7 Å². The van der Waals surface area contributed by atoms with Crippen LogP contribution in [0, 0.1) is 5.82 Å². The van der Waals surface area contributed by atoms with E-state index in [1.807, 2.05) is 11.4 Å². The van der Waals surface area contributed by atoms with Crippen molar-refractivity contribution >= 4 is 44.7 Å². The number of halogens is 3. The Morgan fingerprint density at radius 2 is 2.15 bits per heavy atom. The number of aromatic amines is 1. The van der Waals surface area contributed by atoms with E-state index in [4.69, 9.17) is 17.3 Å². The molecule has 0 saturated heterocycles. The van der Waals surface area contributed by atoms with Crippen molar-refractivity contribution in [1.82, 2.24) is 10.2 Å². The van der Waals surface area contributed by atoms with Gasteiger partial charge in [0.15, 0.2) is 5.82 Å². The summed E-state index contributed by atoms with van der Waals surface area (Å²) in [6.07, 6.45) is 0. The van der Waals surface area contributed by atoms with Gasteiger partial charge in [-0.15, -0.1) is 11.3 Å². The average Bonchev–Trinajstić information content (AvgIpc) is 2.96. The quantitative estimate of drug-likeness (QED) is 0.669. The van der Waals surface area contributed by atoms with Gasteiger partial charge >= 0.3 is 0 Å². The molecule has 0 bridgehead atoms. The SMILES string of the molecule is Nc1n[nH]c(-c2sccc2Br)c1-c1ccc(F)cc1Cl. The molecule has 0 aliphatic heterocycles. The third-order valence-electron chi connectivity index (χ3n) is 2.84. The van der Waals surface area contributed by atoms with Gasteiger partial charge in [0.05, 0.1) is 21.2 Å². The molecule has 20 heavy (non-hydrogen) atoms. The van der Waals surface area contributed by atoms with E-state index < -0.39 is 0 Å². The Hall–Kier alpha value is -1.37. The normalized spacial score (nSPS) is 10.9. The average molecular weight is 373 g/mol. The van der Waals surface area contributed by atoms with Gasteiger partial charge in [0.2, 0.25) is 0 Å². The summed E-state index contributed by atoms with van der Waals surface area (Å²) in [5.41, 5.74) is 8.02. The fraction of sp³-hybridized carbons (Fsp3) is 0. The number of benzene rings is 1. The number of nitrogens with two attached hydrogens (primary N) is 1. The van der Waals surface area contributed by atoms with Gasteiger partial charge in [-0.25, -0.2) is 4.39 Å². The van der Waals surface area contributed by atoms with Gasteiger partial charge in [0.25, 0.3) is 0 Å². The highest BCUT2D eigenvalue weighted by Crippen LogP contribution is 2.42.